The number of amides is 1. The van der Waals surface area contributed by atoms with Gasteiger partial charge in [0.15, 0.2) is 0 Å². The first-order valence-corrected chi connectivity index (χ1v) is 7.55. The summed E-state index contributed by atoms with van der Waals surface area (Å²) in [7, 11) is 0. The van der Waals surface area contributed by atoms with E-state index in [2.05, 4.69) is 13.8 Å². The molecule has 2 rings (SSSR count). The molecule has 1 N–H and O–H groups in total. The number of hydrogen-bond donors (Lipinski definition) is 1. The lowest BCUT2D eigenvalue weighted by Gasteiger charge is -2.35. The van der Waals surface area contributed by atoms with Crippen LogP contribution in [-0.2, 0) is 9.59 Å². The number of rotatable bonds is 4. The lowest BCUT2D eigenvalue weighted by Crippen LogP contribution is -2.46. The highest BCUT2D eigenvalue weighted by atomic mass is 16.4. The zero-order valence-electron chi connectivity index (χ0n) is 12.0. The van der Waals surface area contributed by atoms with Crippen LogP contribution in [0.4, 0.5) is 0 Å². The maximum Gasteiger partial charge on any atom is 0.306 e. The molecule has 0 bridgehead atoms. The highest BCUT2D eigenvalue weighted by Gasteiger charge is 2.38. The summed E-state index contributed by atoms with van der Waals surface area (Å²) in [6.07, 6.45) is 6.57. The van der Waals surface area contributed by atoms with E-state index >= 15 is 0 Å². The second-order valence-electron chi connectivity index (χ2n) is 6.32. The minimum atomic E-state index is -0.743. The number of carbonyl (C=O) groups excluding carboxylic acids is 1. The van der Waals surface area contributed by atoms with Crippen molar-refractivity contribution in [1.29, 1.82) is 0 Å². The van der Waals surface area contributed by atoms with Gasteiger partial charge in [-0.25, -0.2) is 0 Å². The summed E-state index contributed by atoms with van der Waals surface area (Å²) in [6.45, 7) is 4.14. The lowest BCUT2D eigenvalue weighted by atomic mass is 10.0. The average Bonchev–Trinajstić information content (AvgIpc) is 2.99. The van der Waals surface area contributed by atoms with Crippen molar-refractivity contribution in [2.75, 3.05) is 0 Å². The fourth-order valence-electron chi connectivity index (χ4n) is 3.68. The molecule has 2 fully saturated rings. The van der Waals surface area contributed by atoms with Gasteiger partial charge in [-0.15, -0.1) is 0 Å². The Hall–Kier alpha value is -1.06. The zero-order chi connectivity index (χ0) is 14.0. The van der Waals surface area contributed by atoms with Crippen molar-refractivity contribution in [2.45, 2.75) is 70.9 Å². The van der Waals surface area contributed by atoms with E-state index in [1.807, 2.05) is 4.90 Å². The van der Waals surface area contributed by atoms with Crippen LogP contribution in [0.15, 0.2) is 0 Å². The van der Waals surface area contributed by atoms with Gasteiger partial charge >= 0.3 is 5.97 Å². The third kappa shape index (κ3) is 3.10. The maximum absolute atomic E-state index is 12.7. The van der Waals surface area contributed by atoms with E-state index in [1.165, 1.54) is 12.8 Å². The molecule has 2 saturated carbocycles. The van der Waals surface area contributed by atoms with Crippen molar-refractivity contribution in [3.05, 3.63) is 0 Å². The number of nitrogens with zero attached hydrogens (tertiary/aromatic N) is 1. The third-order valence-corrected chi connectivity index (χ3v) is 4.66. The zero-order valence-corrected chi connectivity index (χ0v) is 12.0. The van der Waals surface area contributed by atoms with Crippen LogP contribution in [-0.4, -0.2) is 34.0 Å². The fourth-order valence-corrected chi connectivity index (χ4v) is 3.68. The van der Waals surface area contributed by atoms with Crippen molar-refractivity contribution in [2.24, 2.45) is 11.8 Å². The Labute approximate surface area is 115 Å². The Balaban J connectivity index is 2.02. The normalized spacial score (nSPS) is 27.9. The lowest BCUT2D eigenvalue weighted by molar-refractivity contribution is -0.142. The highest BCUT2D eigenvalue weighted by Crippen LogP contribution is 2.35. The van der Waals surface area contributed by atoms with Gasteiger partial charge in [0.1, 0.15) is 0 Å². The topological polar surface area (TPSA) is 57.6 Å². The van der Waals surface area contributed by atoms with E-state index in [0.717, 1.165) is 19.3 Å². The number of aliphatic carboxylic acids is 1. The van der Waals surface area contributed by atoms with E-state index in [0.29, 0.717) is 18.9 Å². The van der Waals surface area contributed by atoms with Crippen LogP contribution in [0, 0.1) is 11.8 Å². The highest BCUT2D eigenvalue weighted by molar-refractivity contribution is 5.81. The minimum Gasteiger partial charge on any atom is -0.481 e. The monoisotopic (exact) mass is 267 g/mol. The molecule has 2 aliphatic rings. The molecule has 0 aliphatic heterocycles. The van der Waals surface area contributed by atoms with E-state index < -0.39 is 5.97 Å². The molecule has 0 aromatic heterocycles. The molecule has 4 nitrogen and oxygen atoms in total. The van der Waals surface area contributed by atoms with Gasteiger partial charge in [0.05, 0.1) is 5.92 Å². The summed E-state index contributed by atoms with van der Waals surface area (Å²) >= 11 is 0. The molecular formula is C15H25NO3. The Morgan fingerprint density at radius 2 is 1.63 bits per heavy atom. The standard InChI is InChI=1S/C15H25NO3/c1-10(2)16(13-5-3-4-6-13)14(17)11-7-8-12(9-11)15(18)19/h10-13H,3-9H2,1-2H3,(H,18,19)/t11-,12+/m1/s1. The van der Waals surface area contributed by atoms with E-state index in [4.69, 9.17) is 5.11 Å². The molecule has 0 aromatic carbocycles. The summed E-state index contributed by atoms with van der Waals surface area (Å²) in [5.41, 5.74) is 0. The maximum atomic E-state index is 12.7. The molecular weight excluding hydrogens is 242 g/mol. The second-order valence-corrected chi connectivity index (χ2v) is 6.32. The van der Waals surface area contributed by atoms with Gasteiger partial charge in [-0.2, -0.15) is 0 Å². The molecule has 0 unspecified atom stereocenters. The Morgan fingerprint density at radius 3 is 2.11 bits per heavy atom. The molecule has 0 heterocycles. The van der Waals surface area contributed by atoms with Gasteiger partial charge in [0.25, 0.3) is 0 Å². The molecule has 19 heavy (non-hydrogen) atoms. The molecule has 0 spiro atoms. The van der Waals surface area contributed by atoms with E-state index in [1.54, 1.807) is 0 Å². The smallest absolute Gasteiger partial charge is 0.306 e. The van der Waals surface area contributed by atoms with Gasteiger partial charge in [-0.3, -0.25) is 9.59 Å². The van der Waals surface area contributed by atoms with Crippen molar-refractivity contribution < 1.29 is 14.7 Å². The first kappa shape index (κ1) is 14.4. The van der Waals surface area contributed by atoms with Crippen LogP contribution < -0.4 is 0 Å². The Bertz CT molecular complexity index is 347. The first-order chi connectivity index (χ1) is 9.00. The SMILES string of the molecule is CC(C)N(C(=O)[C@@H]1CC[C@H](C(=O)O)C1)C1CCCC1. The van der Waals surface area contributed by atoms with Crippen molar-refractivity contribution in [1.82, 2.24) is 4.90 Å². The van der Waals surface area contributed by atoms with Crippen LogP contribution in [0.3, 0.4) is 0 Å². The minimum absolute atomic E-state index is 0.0656. The summed E-state index contributed by atoms with van der Waals surface area (Å²) in [6, 6.07) is 0.607. The fraction of sp³-hybridized carbons (Fsp3) is 0.867. The number of carboxylic acids is 1. The molecule has 0 radical (unpaired) electrons. The predicted molar refractivity (Wildman–Crippen MR) is 72.7 cm³/mol. The number of carbonyl (C=O) groups is 2. The van der Waals surface area contributed by atoms with Crippen LogP contribution in [0.5, 0.6) is 0 Å². The van der Waals surface area contributed by atoms with Crippen molar-refractivity contribution in [3.8, 4) is 0 Å². The summed E-state index contributed by atoms with van der Waals surface area (Å²) in [5.74, 6) is -0.923. The molecule has 2 aliphatic carbocycles. The van der Waals surface area contributed by atoms with Gasteiger partial charge < -0.3 is 10.0 Å². The summed E-state index contributed by atoms with van der Waals surface area (Å²) in [5, 5.41) is 9.05. The second kappa shape index (κ2) is 5.93. The predicted octanol–water partition coefficient (Wildman–Crippen LogP) is 2.67. The van der Waals surface area contributed by atoms with E-state index in [-0.39, 0.29) is 23.8 Å². The largest absolute Gasteiger partial charge is 0.481 e. The molecule has 4 heteroatoms. The third-order valence-electron chi connectivity index (χ3n) is 4.66. The molecule has 0 aromatic rings. The molecule has 0 saturated heterocycles. The van der Waals surface area contributed by atoms with Gasteiger partial charge in [0, 0.05) is 18.0 Å². The quantitative estimate of drug-likeness (QED) is 0.852. The Morgan fingerprint density at radius 1 is 1.05 bits per heavy atom. The van der Waals surface area contributed by atoms with E-state index in [9.17, 15) is 9.59 Å². The van der Waals surface area contributed by atoms with Crippen LogP contribution >= 0.6 is 0 Å². The van der Waals surface area contributed by atoms with Crippen molar-refractivity contribution in [3.63, 3.8) is 0 Å². The molecule has 1 amide bonds. The van der Waals surface area contributed by atoms with Gasteiger partial charge in [-0.1, -0.05) is 12.8 Å². The summed E-state index contributed by atoms with van der Waals surface area (Å²) < 4.78 is 0. The number of carboxylic acid groups (broad SMARTS) is 1. The van der Waals surface area contributed by atoms with Crippen LogP contribution in [0.25, 0.3) is 0 Å². The number of hydrogen-bond acceptors (Lipinski definition) is 2. The average molecular weight is 267 g/mol. The molecule has 2 atom stereocenters. The van der Waals surface area contributed by atoms with Crippen LogP contribution in [0.1, 0.15) is 58.8 Å². The van der Waals surface area contributed by atoms with Gasteiger partial charge in [0.2, 0.25) is 5.91 Å². The molecule has 108 valence electrons. The van der Waals surface area contributed by atoms with Gasteiger partial charge in [-0.05, 0) is 46.0 Å². The Kier molecular flexibility index (Phi) is 4.48. The van der Waals surface area contributed by atoms with Crippen molar-refractivity contribution >= 4 is 11.9 Å². The first-order valence-electron chi connectivity index (χ1n) is 7.55. The summed E-state index contributed by atoms with van der Waals surface area (Å²) in [4.78, 5) is 25.7. The van der Waals surface area contributed by atoms with Crippen LogP contribution in [0.2, 0.25) is 0 Å².